The van der Waals surface area contributed by atoms with Crippen LogP contribution in [0.15, 0.2) is 58.1 Å². The van der Waals surface area contributed by atoms with Crippen molar-refractivity contribution in [3.63, 3.8) is 0 Å². The van der Waals surface area contributed by atoms with Crippen LogP contribution in [0.4, 0.5) is 10.5 Å². The van der Waals surface area contributed by atoms with Gasteiger partial charge in [0.25, 0.3) is 11.1 Å². The topological polar surface area (TPSA) is 107 Å². The monoisotopic (exact) mass is 310 g/mol. The Hall–Kier alpha value is -3.35. The second kappa shape index (κ2) is 6.18. The molecule has 0 aliphatic rings. The van der Waals surface area contributed by atoms with Gasteiger partial charge in [0.2, 0.25) is 0 Å². The molecule has 2 aromatic carbocycles. The minimum atomic E-state index is -0.423. The molecular formula is C16H14N4O3. The summed E-state index contributed by atoms with van der Waals surface area (Å²) < 4.78 is 0. The van der Waals surface area contributed by atoms with Gasteiger partial charge in [-0.2, -0.15) is 0 Å². The number of anilines is 1. The van der Waals surface area contributed by atoms with Crippen LogP contribution in [-0.4, -0.2) is 16.2 Å². The third-order valence-corrected chi connectivity index (χ3v) is 3.35. The van der Waals surface area contributed by atoms with Crippen LogP contribution < -0.4 is 21.8 Å². The average Bonchev–Trinajstić information content (AvgIpc) is 2.57. The maximum absolute atomic E-state index is 11.9. The maximum Gasteiger partial charge on any atom is 0.319 e. The van der Waals surface area contributed by atoms with Crippen molar-refractivity contribution in [2.45, 2.75) is 6.54 Å². The molecule has 0 unspecified atom stereocenters. The molecule has 116 valence electrons. The van der Waals surface area contributed by atoms with Gasteiger partial charge in [-0.25, -0.2) is 4.79 Å². The first kappa shape index (κ1) is 14.6. The lowest BCUT2D eigenvalue weighted by Gasteiger charge is -2.08. The van der Waals surface area contributed by atoms with Gasteiger partial charge in [-0.05, 0) is 23.8 Å². The standard InChI is InChI=1S/C16H14N4O3/c21-14-12-7-6-11(8-13(12)15(22)20-19-14)18-16(23)17-9-10-4-2-1-3-5-10/h1-8H,9H2,(H,19,21)(H,20,22)(H2,17,18,23). The SMILES string of the molecule is O=C(NCc1ccccc1)Nc1ccc2c(=O)[nH][nH]c(=O)c2c1. The fourth-order valence-corrected chi connectivity index (χ4v) is 2.21. The number of amides is 2. The van der Waals surface area contributed by atoms with E-state index in [9.17, 15) is 14.4 Å². The van der Waals surface area contributed by atoms with E-state index in [4.69, 9.17) is 0 Å². The molecule has 7 nitrogen and oxygen atoms in total. The number of nitrogens with one attached hydrogen (secondary N) is 4. The summed E-state index contributed by atoms with van der Waals surface area (Å²) in [6, 6.07) is 13.6. The van der Waals surface area contributed by atoms with Gasteiger partial charge in [0.05, 0.1) is 10.8 Å². The summed E-state index contributed by atoms with van der Waals surface area (Å²) in [6.07, 6.45) is 0. The van der Waals surface area contributed by atoms with Crippen molar-refractivity contribution >= 4 is 22.5 Å². The first-order valence-corrected chi connectivity index (χ1v) is 6.97. The summed E-state index contributed by atoms with van der Waals surface area (Å²) in [6.45, 7) is 0.389. The number of benzene rings is 2. The molecule has 4 N–H and O–H groups in total. The van der Waals surface area contributed by atoms with Gasteiger partial charge in [-0.1, -0.05) is 30.3 Å². The summed E-state index contributed by atoms with van der Waals surface area (Å²) >= 11 is 0. The Kier molecular flexibility index (Phi) is 3.92. The van der Waals surface area contributed by atoms with Crippen LogP contribution in [-0.2, 0) is 6.54 Å². The number of rotatable bonds is 3. The Bertz CT molecular complexity index is 960. The van der Waals surface area contributed by atoms with Gasteiger partial charge in [0.15, 0.2) is 0 Å². The van der Waals surface area contributed by atoms with Crippen molar-refractivity contribution < 1.29 is 4.79 Å². The average molecular weight is 310 g/mol. The third-order valence-electron chi connectivity index (χ3n) is 3.35. The number of aromatic amines is 2. The van der Waals surface area contributed by atoms with Crippen molar-refractivity contribution in [2.75, 3.05) is 5.32 Å². The number of urea groups is 1. The lowest BCUT2D eigenvalue weighted by Crippen LogP contribution is -2.28. The highest BCUT2D eigenvalue weighted by Gasteiger charge is 2.06. The molecule has 3 aromatic rings. The second-order valence-corrected chi connectivity index (χ2v) is 4.96. The van der Waals surface area contributed by atoms with Gasteiger partial charge in [-0.15, -0.1) is 0 Å². The van der Waals surface area contributed by atoms with Gasteiger partial charge in [-0.3, -0.25) is 19.8 Å². The summed E-state index contributed by atoms with van der Waals surface area (Å²) in [7, 11) is 0. The molecule has 0 fully saturated rings. The van der Waals surface area contributed by atoms with Crippen molar-refractivity contribution in [3.8, 4) is 0 Å². The van der Waals surface area contributed by atoms with Crippen molar-refractivity contribution in [1.82, 2.24) is 15.5 Å². The normalized spacial score (nSPS) is 10.4. The number of fused-ring (bicyclic) bond motifs is 1. The van der Waals surface area contributed by atoms with E-state index in [1.165, 1.54) is 12.1 Å². The lowest BCUT2D eigenvalue weighted by molar-refractivity contribution is 0.251. The van der Waals surface area contributed by atoms with E-state index < -0.39 is 11.6 Å². The fourth-order valence-electron chi connectivity index (χ4n) is 2.21. The first-order chi connectivity index (χ1) is 11.1. The molecule has 0 saturated carbocycles. The number of H-pyrrole nitrogens is 2. The van der Waals surface area contributed by atoms with Crippen LogP contribution in [0.1, 0.15) is 5.56 Å². The first-order valence-electron chi connectivity index (χ1n) is 6.97. The highest BCUT2D eigenvalue weighted by Crippen LogP contribution is 2.12. The molecule has 0 radical (unpaired) electrons. The van der Waals surface area contributed by atoms with Crippen molar-refractivity contribution in [2.24, 2.45) is 0 Å². The molecule has 0 saturated heterocycles. The van der Waals surface area contributed by atoms with E-state index in [2.05, 4.69) is 20.8 Å². The lowest BCUT2D eigenvalue weighted by atomic mass is 10.2. The third kappa shape index (κ3) is 3.29. The Balaban J connectivity index is 1.74. The number of carbonyl (C=O) groups is 1. The van der Waals surface area contributed by atoms with Crippen LogP contribution in [0.5, 0.6) is 0 Å². The van der Waals surface area contributed by atoms with Crippen molar-refractivity contribution in [1.29, 1.82) is 0 Å². The van der Waals surface area contributed by atoms with Crippen LogP contribution in [0.25, 0.3) is 10.8 Å². The highest BCUT2D eigenvalue weighted by atomic mass is 16.2. The van der Waals surface area contributed by atoms with E-state index in [1.807, 2.05) is 30.3 Å². The van der Waals surface area contributed by atoms with Crippen LogP contribution >= 0.6 is 0 Å². The molecule has 1 aromatic heterocycles. The molecule has 0 bridgehead atoms. The quantitative estimate of drug-likeness (QED) is 0.589. The van der Waals surface area contributed by atoms with Crippen LogP contribution in [0.3, 0.4) is 0 Å². The van der Waals surface area contributed by atoms with E-state index in [0.29, 0.717) is 12.2 Å². The van der Waals surface area contributed by atoms with Gasteiger partial charge in [0.1, 0.15) is 0 Å². The number of hydrogen-bond acceptors (Lipinski definition) is 3. The minimum Gasteiger partial charge on any atom is -0.334 e. The fraction of sp³-hybridized carbons (Fsp3) is 0.0625. The zero-order valence-electron chi connectivity index (χ0n) is 12.1. The van der Waals surface area contributed by atoms with Gasteiger partial charge < -0.3 is 10.6 Å². The smallest absolute Gasteiger partial charge is 0.319 e. The van der Waals surface area contributed by atoms with Crippen molar-refractivity contribution in [3.05, 3.63) is 74.8 Å². The molecule has 0 aliphatic carbocycles. The number of hydrogen-bond donors (Lipinski definition) is 4. The predicted octanol–water partition coefficient (Wildman–Crippen LogP) is 1.54. The van der Waals surface area contributed by atoms with Gasteiger partial charge in [0, 0.05) is 12.2 Å². The maximum atomic E-state index is 11.9. The molecule has 7 heteroatoms. The largest absolute Gasteiger partial charge is 0.334 e. The molecule has 0 atom stereocenters. The summed E-state index contributed by atoms with van der Waals surface area (Å²) in [4.78, 5) is 35.2. The summed E-state index contributed by atoms with van der Waals surface area (Å²) in [5.74, 6) is 0. The molecule has 0 spiro atoms. The number of carbonyl (C=O) groups excluding carboxylic acids is 1. The summed E-state index contributed by atoms with van der Waals surface area (Å²) in [5, 5.41) is 10.3. The molecule has 0 aliphatic heterocycles. The summed E-state index contributed by atoms with van der Waals surface area (Å²) in [5.41, 5.74) is 0.593. The van der Waals surface area contributed by atoms with E-state index in [1.54, 1.807) is 6.07 Å². The number of aromatic nitrogens is 2. The van der Waals surface area contributed by atoms with Crippen LogP contribution in [0, 0.1) is 0 Å². The highest BCUT2D eigenvalue weighted by molar-refractivity contribution is 5.92. The molecular weight excluding hydrogens is 296 g/mol. The Labute approximate surface area is 130 Å². The molecule has 3 rings (SSSR count). The Morgan fingerprint density at radius 1 is 0.913 bits per heavy atom. The van der Waals surface area contributed by atoms with E-state index >= 15 is 0 Å². The Morgan fingerprint density at radius 2 is 1.61 bits per heavy atom. The minimum absolute atomic E-state index is 0.217. The van der Waals surface area contributed by atoms with E-state index in [-0.39, 0.29) is 16.3 Å². The Morgan fingerprint density at radius 3 is 2.35 bits per heavy atom. The molecule has 1 heterocycles. The molecule has 23 heavy (non-hydrogen) atoms. The van der Waals surface area contributed by atoms with Gasteiger partial charge >= 0.3 is 6.03 Å². The second-order valence-electron chi connectivity index (χ2n) is 4.96. The molecule has 2 amide bonds. The zero-order chi connectivity index (χ0) is 16.2. The zero-order valence-corrected chi connectivity index (χ0v) is 12.1. The predicted molar refractivity (Wildman–Crippen MR) is 87.5 cm³/mol. The van der Waals surface area contributed by atoms with E-state index in [0.717, 1.165) is 5.56 Å². The van der Waals surface area contributed by atoms with Crippen LogP contribution in [0.2, 0.25) is 0 Å².